The third-order valence-corrected chi connectivity index (χ3v) is 8.31. The highest BCUT2D eigenvalue weighted by Gasteiger charge is 2.15. The van der Waals surface area contributed by atoms with Gasteiger partial charge in [0.15, 0.2) is 0 Å². The molecule has 0 unspecified atom stereocenters. The average molecular weight is 589 g/mol. The van der Waals surface area contributed by atoms with E-state index in [9.17, 15) is 8.78 Å². The van der Waals surface area contributed by atoms with E-state index in [0.717, 1.165) is 68.4 Å². The minimum atomic E-state index is -0.196. The second-order valence-corrected chi connectivity index (χ2v) is 12.6. The Morgan fingerprint density at radius 2 is 0.814 bits per heavy atom. The van der Waals surface area contributed by atoms with Gasteiger partial charge in [0, 0.05) is 22.3 Å². The summed E-state index contributed by atoms with van der Waals surface area (Å²) < 4.78 is 39.2. The van der Waals surface area contributed by atoms with Gasteiger partial charge in [-0.05, 0) is 70.2 Å². The summed E-state index contributed by atoms with van der Waals surface area (Å²) in [4.78, 5) is 0. The standard InChI is InChI=1S/C38H34F2N2S/c1-23(2)19-25-5-15-31(35(39)21-25)27-7-11-29(12-8-27)33-17-18-34(38-37(33)41-43-42-38)30-13-9-28(10-14-30)32-16-6-26(20-24(3)4)22-36(32)40/h5-18,21-24H,19-20H2,1-4H3. The van der Waals surface area contributed by atoms with Crippen LogP contribution in [0.2, 0.25) is 0 Å². The Hall–Kier alpha value is -4.22. The zero-order valence-electron chi connectivity index (χ0n) is 24.9. The van der Waals surface area contributed by atoms with E-state index in [2.05, 4.69) is 48.6 Å². The maximum atomic E-state index is 14.9. The number of rotatable bonds is 8. The minimum absolute atomic E-state index is 0.196. The Labute approximate surface area is 256 Å². The Kier molecular flexibility index (Phi) is 8.18. The van der Waals surface area contributed by atoms with Crippen molar-refractivity contribution < 1.29 is 8.78 Å². The summed E-state index contributed by atoms with van der Waals surface area (Å²) in [6.45, 7) is 8.55. The Balaban J connectivity index is 1.26. The lowest BCUT2D eigenvalue weighted by Crippen LogP contribution is -1.95. The third kappa shape index (κ3) is 6.14. The van der Waals surface area contributed by atoms with Crippen LogP contribution in [-0.4, -0.2) is 8.75 Å². The van der Waals surface area contributed by atoms with Crippen LogP contribution in [0.3, 0.4) is 0 Å². The number of nitrogens with zero attached hydrogens (tertiary/aromatic N) is 2. The molecule has 5 heteroatoms. The van der Waals surface area contributed by atoms with Crippen LogP contribution in [0.15, 0.2) is 97.1 Å². The molecule has 0 spiro atoms. The minimum Gasteiger partial charge on any atom is -0.206 e. The molecule has 0 amide bonds. The van der Waals surface area contributed by atoms with Crippen LogP contribution in [0.25, 0.3) is 55.5 Å². The molecule has 0 N–H and O–H groups in total. The highest BCUT2D eigenvalue weighted by Crippen LogP contribution is 2.36. The van der Waals surface area contributed by atoms with Crippen molar-refractivity contribution in [2.24, 2.45) is 11.8 Å². The fourth-order valence-corrected chi connectivity index (χ4v) is 6.35. The molecule has 6 aromatic rings. The van der Waals surface area contributed by atoms with E-state index >= 15 is 0 Å². The summed E-state index contributed by atoms with van der Waals surface area (Å²) in [5, 5.41) is 0. The van der Waals surface area contributed by atoms with Crippen molar-refractivity contribution in [2.75, 3.05) is 0 Å². The predicted molar refractivity (Wildman–Crippen MR) is 176 cm³/mol. The molecule has 0 saturated heterocycles. The second-order valence-electron chi connectivity index (χ2n) is 12.1. The Bertz CT molecular complexity index is 1750. The number of aromatic nitrogens is 2. The maximum Gasteiger partial charge on any atom is 0.131 e. The Morgan fingerprint density at radius 1 is 0.488 bits per heavy atom. The van der Waals surface area contributed by atoms with Crippen LogP contribution >= 0.6 is 11.7 Å². The van der Waals surface area contributed by atoms with E-state index in [-0.39, 0.29) is 11.6 Å². The summed E-state index contributed by atoms with van der Waals surface area (Å²) in [5.41, 5.74) is 10.5. The van der Waals surface area contributed by atoms with Gasteiger partial charge in [0.25, 0.3) is 0 Å². The smallest absolute Gasteiger partial charge is 0.131 e. The number of fused-ring (bicyclic) bond motifs is 1. The molecule has 0 aliphatic carbocycles. The van der Waals surface area contributed by atoms with Crippen molar-refractivity contribution in [1.82, 2.24) is 8.75 Å². The number of halogens is 2. The topological polar surface area (TPSA) is 25.8 Å². The van der Waals surface area contributed by atoms with Gasteiger partial charge in [-0.25, -0.2) is 8.78 Å². The average Bonchev–Trinajstić information content (AvgIpc) is 3.47. The van der Waals surface area contributed by atoms with Gasteiger partial charge in [0.05, 0.1) is 11.7 Å². The van der Waals surface area contributed by atoms with Crippen molar-refractivity contribution in [3.63, 3.8) is 0 Å². The number of hydrogen-bond acceptors (Lipinski definition) is 3. The quantitative estimate of drug-likeness (QED) is 0.177. The van der Waals surface area contributed by atoms with Crippen molar-refractivity contribution in [3.8, 4) is 44.5 Å². The molecule has 1 aromatic heterocycles. The normalized spacial score (nSPS) is 11.6. The molecule has 0 aliphatic rings. The largest absolute Gasteiger partial charge is 0.206 e. The molecule has 5 aromatic carbocycles. The van der Waals surface area contributed by atoms with Crippen LogP contribution in [0.1, 0.15) is 38.8 Å². The highest BCUT2D eigenvalue weighted by molar-refractivity contribution is 7.00. The molecule has 43 heavy (non-hydrogen) atoms. The molecular weight excluding hydrogens is 554 g/mol. The zero-order valence-corrected chi connectivity index (χ0v) is 25.7. The molecule has 1 heterocycles. The van der Waals surface area contributed by atoms with Gasteiger partial charge >= 0.3 is 0 Å². The SMILES string of the molecule is CC(C)Cc1ccc(-c2ccc(-c3ccc(-c4ccc(-c5ccc(CC(C)C)cc5F)cc4)c4nsnc34)cc2)c(F)c1. The lowest BCUT2D eigenvalue weighted by molar-refractivity contribution is 0.615. The molecule has 0 fully saturated rings. The summed E-state index contributed by atoms with van der Waals surface area (Å²) in [6.07, 6.45) is 1.72. The first kappa shape index (κ1) is 28.9. The maximum absolute atomic E-state index is 14.9. The van der Waals surface area contributed by atoms with E-state index < -0.39 is 0 Å². The van der Waals surface area contributed by atoms with Crippen molar-refractivity contribution >= 4 is 22.8 Å². The summed E-state index contributed by atoms with van der Waals surface area (Å²) in [5.74, 6) is 0.570. The van der Waals surface area contributed by atoms with Crippen LogP contribution in [0.4, 0.5) is 8.78 Å². The molecule has 2 nitrogen and oxygen atoms in total. The first-order chi connectivity index (χ1) is 20.8. The lowest BCUT2D eigenvalue weighted by Gasteiger charge is -2.11. The Morgan fingerprint density at radius 3 is 1.14 bits per heavy atom. The lowest BCUT2D eigenvalue weighted by atomic mass is 9.94. The van der Waals surface area contributed by atoms with Crippen LogP contribution in [0.5, 0.6) is 0 Å². The monoisotopic (exact) mass is 588 g/mol. The van der Waals surface area contributed by atoms with E-state index in [1.165, 1.54) is 11.7 Å². The first-order valence-corrected chi connectivity index (χ1v) is 15.5. The summed E-state index contributed by atoms with van der Waals surface area (Å²) >= 11 is 1.19. The van der Waals surface area contributed by atoms with Crippen molar-refractivity contribution in [3.05, 3.63) is 120 Å². The van der Waals surface area contributed by atoms with E-state index in [0.29, 0.717) is 23.0 Å². The first-order valence-electron chi connectivity index (χ1n) is 14.8. The molecule has 216 valence electrons. The molecule has 6 rings (SSSR count). The number of benzene rings is 5. The van der Waals surface area contributed by atoms with Gasteiger partial charge in [0.2, 0.25) is 0 Å². The van der Waals surface area contributed by atoms with Gasteiger partial charge in [-0.1, -0.05) is 113 Å². The fourth-order valence-electron chi connectivity index (χ4n) is 5.77. The number of hydrogen-bond donors (Lipinski definition) is 0. The summed E-state index contributed by atoms with van der Waals surface area (Å²) in [7, 11) is 0. The molecule has 0 aliphatic heterocycles. The highest BCUT2D eigenvalue weighted by atomic mass is 32.1. The molecular formula is C38H34F2N2S. The van der Waals surface area contributed by atoms with Gasteiger partial charge in [-0.15, -0.1) is 0 Å². The van der Waals surface area contributed by atoms with Crippen molar-refractivity contribution in [1.29, 1.82) is 0 Å². The molecule has 0 atom stereocenters. The molecule has 0 radical (unpaired) electrons. The van der Waals surface area contributed by atoms with Crippen molar-refractivity contribution in [2.45, 2.75) is 40.5 Å². The van der Waals surface area contributed by atoms with Gasteiger partial charge in [-0.2, -0.15) is 8.75 Å². The van der Waals surface area contributed by atoms with E-state index in [1.807, 2.05) is 72.8 Å². The third-order valence-electron chi connectivity index (χ3n) is 7.78. The van der Waals surface area contributed by atoms with Gasteiger partial charge in [0.1, 0.15) is 22.7 Å². The zero-order chi connectivity index (χ0) is 30.1. The molecule has 0 saturated carbocycles. The second kappa shape index (κ2) is 12.2. The fraction of sp³-hybridized carbons (Fsp3) is 0.211. The van der Waals surface area contributed by atoms with Gasteiger partial charge < -0.3 is 0 Å². The molecule has 0 bridgehead atoms. The summed E-state index contributed by atoms with van der Waals surface area (Å²) in [6, 6.07) is 31.1. The van der Waals surface area contributed by atoms with E-state index in [1.54, 1.807) is 12.1 Å². The van der Waals surface area contributed by atoms with E-state index in [4.69, 9.17) is 0 Å². The van der Waals surface area contributed by atoms with Crippen LogP contribution in [0, 0.1) is 23.5 Å². The van der Waals surface area contributed by atoms with Crippen LogP contribution in [-0.2, 0) is 12.8 Å². The van der Waals surface area contributed by atoms with Crippen LogP contribution < -0.4 is 0 Å². The van der Waals surface area contributed by atoms with Gasteiger partial charge in [-0.3, -0.25) is 0 Å². The predicted octanol–water partition coefficient (Wildman–Crippen LogP) is 11.0.